The number of ether oxygens (including phenoxy) is 2. The lowest BCUT2D eigenvalue weighted by atomic mass is 9.96. The zero-order valence-electron chi connectivity index (χ0n) is 9.00. The van der Waals surface area contributed by atoms with E-state index in [1.807, 2.05) is 0 Å². The summed E-state index contributed by atoms with van der Waals surface area (Å²) in [6.07, 6.45) is 0.555. The van der Waals surface area contributed by atoms with E-state index in [0.717, 1.165) is 0 Å². The van der Waals surface area contributed by atoms with Gasteiger partial charge >= 0.3 is 11.9 Å². The Kier molecular flexibility index (Phi) is 2.88. The van der Waals surface area contributed by atoms with Gasteiger partial charge in [-0.15, -0.1) is 11.8 Å². The lowest BCUT2D eigenvalue weighted by molar-refractivity contribution is -0.144. The van der Waals surface area contributed by atoms with Crippen molar-refractivity contribution in [1.29, 1.82) is 0 Å². The average molecular weight is 244 g/mol. The normalized spacial score (nSPS) is 35.9. The van der Waals surface area contributed by atoms with Crippen LogP contribution in [0, 0.1) is 5.92 Å². The molecule has 0 saturated carbocycles. The third-order valence-corrected chi connectivity index (χ3v) is 4.45. The van der Waals surface area contributed by atoms with Crippen molar-refractivity contribution in [3.8, 4) is 0 Å². The number of methoxy groups -OCH3 is 2. The summed E-state index contributed by atoms with van der Waals surface area (Å²) >= 11 is 1.18. The minimum Gasteiger partial charge on any atom is -0.468 e. The van der Waals surface area contributed by atoms with E-state index in [1.54, 1.807) is 0 Å². The van der Waals surface area contributed by atoms with Gasteiger partial charge in [-0.1, -0.05) is 0 Å². The number of carbonyl (C=O) groups is 2. The molecular formula is C9H12N2O4S. The predicted octanol–water partition coefficient (Wildman–Crippen LogP) is 0.616. The first kappa shape index (κ1) is 11.4. The second kappa shape index (κ2) is 4.04. The van der Waals surface area contributed by atoms with Crippen LogP contribution in [0.2, 0.25) is 0 Å². The van der Waals surface area contributed by atoms with Gasteiger partial charge in [0.2, 0.25) is 4.87 Å². The maximum absolute atomic E-state index is 11.7. The molecule has 3 unspecified atom stereocenters. The molecule has 2 aliphatic rings. The molecule has 1 saturated heterocycles. The SMILES string of the molecule is COC(=O)C1CC2CN=NC2(C(=O)OC)S1. The van der Waals surface area contributed by atoms with Gasteiger partial charge in [0.05, 0.1) is 20.8 Å². The van der Waals surface area contributed by atoms with Gasteiger partial charge in [0.15, 0.2) is 0 Å². The number of hydrogen-bond acceptors (Lipinski definition) is 7. The van der Waals surface area contributed by atoms with Crippen molar-refractivity contribution in [2.45, 2.75) is 16.5 Å². The Morgan fingerprint density at radius 2 is 2.12 bits per heavy atom. The summed E-state index contributed by atoms with van der Waals surface area (Å²) < 4.78 is 9.41. The molecule has 0 aromatic heterocycles. The van der Waals surface area contributed by atoms with Gasteiger partial charge in [-0.25, -0.2) is 4.79 Å². The van der Waals surface area contributed by atoms with Gasteiger partial charge < -0.3 is 9.47 Å². The predicted molar refractivity (Wildman–Crippen MR) is 56.0 cm³/mol. The number of thioether (sulfide) groups is 1. The Labute approximate surface area is 96.8 Å². The van der Waals surface area contributed by atoms with Crippen LogP contribution in [0.4, 0.5) is 0 Å². The highest BCUT2D eigenvalue weighted by atomic mass is 32.2. The molecular weight excluding hydrogens is 232 g/mol. The molecule has 2 heterocycles. The van der Waals surface area contributed by atoms with Crippen molar-refractivity contribution in [3.05, 3.63) is 0 Å². The van der Waals surface area contributed by atoms with Crippen molar-refractivity contribution >= 4 is 23.7 Å². The van der Waals surface area contributed by atoms with E-state index in [1.165, 1.54) is 26.0 Å². The highest BCUT2D eigenvalue weighted by Gasteiger charge is 2.59. The quantitative estimate of drug-likeness (QED) is 0.665. The molecule has 1 fully saturated rings. The van der Waals surface area contributed by atoms with Crippen LogP contribution in [0.15, 0.2) is 10.2 Å². The minimum absolute atomic E-state index is 0.0611. The van der Waals surface area contributed by atoms with Crippen LogP contribution in [-0.2, 0) is 19.1 Å². The Bertz CT molecular complexity index is 359. The van der Waals surface area contributed by atoms with E-state index < -0.39 is 10.8 Å². The van der Waals surface area contributed by atoms with Crippen LogP contribution in [0.1, 0.15) is 6.42 Å². The molecule has 0 amide bonds. The van der Waals surface area contributed by atoms with Gasteiger partial charge in [-0.05, 0) is 6.42 Å². The van der Waals surface area contributed by atoms with Gasteiger partial charge in [0.25, 0.3) is 0 Å². The molecule has 7 heteroatoms. The molecule has 16 heavy (non-hydrogen) atoms. The van der Waals surface area contributed by atoms with E-state index >= 15 is 0 Å². The average Bonchev–Trinajstić information content (AvgIpc) is 2.83. The summed E-state index contributed by atoms with van der Waals surface area (Å²) in [5, 5.41) is 7.50. The molecule has 0 spiro atoms. The Morgan fingerprint density at radius 3 is 2.75 bits per heavy atom. The monoisotopic (exact) mass is 244 g/mol. The molecule has 2 rings (SSSR count). The Balaban J connectivity index is 2.21. The Hall–Kier alpha value is -1.11. The summed E-state index contributed by atoms with van der Waals surface area (Å²) in [7, 11) is 2.65. The lowest BCUT2D eigenvalue weighted by Gasteiger charge is -2.19. The second-order valence-electron chi connectivity index (χ2n) is 3.67. The zero-order valence-corrected chi connectivity index (χ0v) is 9.82. The first-order valence-corrected chi connectivity index (χ1v) is 5.74. The summed E-state index contributed by atoms with van der Waals surface area (Å²) in [6, 6.07) is 0. The Morgan fingerprint density at radius 1 is 1.38 bits per heavy atom. The highest BCUT2D eigenvalue weighted by molar-refractivity contribution is 8.02. The topological polar surface area (TPSA) is 77.3 Å². The number of rotatable bonds is 2. The van der Waals surface area contributed by atoms with Crippen molar-refractivity contribution in [1.82, 2.24) is 0 Å². The summed E-state index contributed by atoms with van der Waals surface area (Å²) in [5.74, 6) is -0.818. The van der Waals surface area contributed by atoms with Gasteiger partial charge in [0.1, 0.15) is 5.25 Å². The molecule has 0 aliphatic carbocycles. The molecule has 0 aromatic rings. The molecule has 88 valence electrons. The van der Waals surface area contributed by atoms with E-state index in [0.29, 0.717) is 13.0 Å². The first-order valence-electron chi connectivity index (χ1n) is 4.86. The fraction of sp³-hybridized carbons (Fsp3) is 0.778. The second-order valence-corrected chi connectivity index (χ2v) is 5.10. The van der Waals surface area contributed by atoms with Crippen LogP contribution in [0.5, 0.6) is 0 Å². The lowest BCUT2D eigenvalue weighted by Crippen LogP contribution is -2.36. The largest absolute Gasteiger partial charge is 0.468 e. The summed E-state index contributed by atoms with van der Waals surface area (Å²) in [6.45, 7) is 0.468. The van der Waals surface area contributed by atoms with Crippen LogP contribution >= 0.6 is 11.8 Å². The standard InChI is InChI=1S/C9H12N2O4S/c1-14-7(12)6-3-5-4-10-11-9(5,16-6)8(13)15-2/h5-6H,3-4H2,1-2H3. The van der Waals surface area contributed by atoms with E-state index in [-0.39, 0.29) is 17.1 Å². The number of azo groups is 1. The summed E-state index contributed by atoms with van der Waals surface area (Å²) in [4.78, 5) is 22.1. The minimum atomic E-state index is -1.02. The number of esters is 2. The maximum atomic E-state index is 11.7. The highest BCUT2D eigenvalue weighted by Crippen LogP contribution is 2.52. The van der Waals surface area contributed by atoms with Crippen LogP contribution in [-0.4, -0.2) is 42.8 Å². The van der Waals surface area contributed by atoms with Gasteiger partial charge in [-0.2, -0.15) is 10.2 Å². The van der Waals surface area contributed by atoms with Gasteiger partial charge in [0, 0.05) is 5.92 Å². The smallest absolute Gasteiger partial charge is 0.346 e. The van der Waals surface area contributed by atoms with Crippen LogP contribution < -0.4 is 0 Å². The van der Waals surface area contributed by atoms with Crippen LogP contribution in [0.3, 0.4) is 0 Å². The molecule has 0 bridgehead atoms. The molecule has 2 aliphatic heterocycles. The van der Waals surface area contributed by atoms with Crippen LogP contribution in [0.25, 0.3) is 0 Å². The van der Waals surface area contributed by atoms with Crippen molar-refractivity contribution in [3.63, 3.8) is 0 Å². The molecule has 0 radical (unpaired) electrons. The zero-order chi connectivity index (χ0) is 11.8. The fourth-order valence-corrected chi connectivity index (χ4v) is 3.61. The molecule has 3 atom stereocenters. The molecule has 0 N–H and O–H groups in total. The van der Waals surface area contributed by atoms with E-state index in [4.69, 9.17) is 4.74 Å². The number of hydrogen-bond donors (Lipinski definition) is 0. The number of nitrogens with zero attached hydrogens (tertiary/aromatic N) is 2. The maximum Gasteiger partial charge on any atom is 0.346 e. The fourth-order valence-electron chi connectivity index (χ4n) is 2.00. The molecule has 0 aromatic carbocycles. The van der Waals surface area contributed by atoms with E-state index in [9.17, 15) is 9.59 Å². The molecule has 6 nitrogen and oxygen atoms in total. The third-order valence-electron chi connectivity index (χ3n) is 2.84. The number of fused-ring (bicyclic) bond motifs is 1. The van der Waals surface area contributed by atoms with Crippen molar-refractivity contribution in [2.24, 2.45) is 16.1 Å². The first-order chi connectivity index (χ1) is 7.64. The summed E-state index contributed by atoms with van der Waals surface area (Å²) in [5.41, 5.74) is 0. The van der Waals surface area contributed by atoms with E-state index in [2.05, 4.69) is 15.0 Å². The van der Waals surface area contributed by atoms with Crippen molar-refractivity contribution < 1.29 is 19.1 Å². The third kappa shape index (κ3) is 1.50. The number of carbonyl (C=O) groups excluding carboxylic acids is 2. The van der Waals surface area contributed by atoms with Crippen molar-refractivity contribution in [2.75, 3.05) is 20.8 Å². The van der Waals surface area contributed by atoms with Gasteiger partial charge in [-0.3, -0.25) is 4.79 Å².